The molecule has 1 heterocycles. The normalized spacial score (nSPS) is 12.5. The van der Waals surface area contributed by atoms with Crippen molar-refractivity contribution in [3.8, 4) is 0 Å². The highest BCUT2D eigenvalue weighted by molar-refractivity contribution is 9.10. The van der Waals surface area contributed by atoms with E-state index in [0.717, 1.165) is 11.5 Å². The van der Waals surface area contributed by atoms with E-state index in [-0.39, 0.29) is 10.8 Å². The number of methoxy groups -OCH3 is 1. The standard InChI is InChI=1S/C10H15BrN2O3/c1-6-7(2)16-9(13-6)5-12-4-8(11)10(14)15-3/h8,12H,4-5H2,1-3H3. The Balaban J connectivity index is 2.33. The van der Waals surface area contributed by atoms with Gasteiger partial charge in [0.15, 0.2) is 0 Å². The number of hydrogen-bond donors (Lipinski definition) is 1. The maximum atomic E-state index is 11.1. The lowest BCUT2D eigenvalue weighted by Gasteiger charge is -2.07. The van der Waals surface area contributed by atoms with Crippen LogP contribution in [0.5, 0.6) is 0 Å². The van der Waals surface area contributed by atoms with Crippen molar-refractivity contribution in [2.24, 2.45) is 0 Å². The molecule has 0 fully saturated rings. The molecule has 0 saturated carbocycles. The topological polar surface area (TPSA) is 64.4 Å². The van der Waals surface area contributed by atoms with Gasteiger partial charge < -0.3 is 14.5 Å². The molecule has 0 spiro atoms. The van der Waals surface area contributed by atoms with Crippen LogP contribution >= 0.6 is 15.9 Å². The minimum atomic E-state index is -0.352. The molecule has 5 nitrogen and oxygen atoms in total. The summed E-state index contributed by atoms with van der Waals surface area (Å²) in [5.41, 5.74) is 0.889. The minimum absolute atomic E-state index is 0.299. The molecule has 0 aromatic carbocycles. The predicted octanol–water partition coefficient (Wildman–Crippen LogP) is 1.32. The molecule has 0 saturated heterocycles. The molecule has 1 unspecified atom stereocenters. The van der Waals surface area contributed by atoms with Crippen molar-refractivity contribution >= 4 is 21.9 Å². The van der Waals surface area contributed by atoms with Gasteiger partial charge in [0.1, 0.15) is 10.6 Å². The zero-order valence-electron chi connectivity index (χ0n) is 9.54. The first-order valence-electron chi connectivity index (χ1n) is 4.90. The summed E-state index contributed by atoms with van der Waals surface area (Å²) in [6, 6.07) is 0. The summed E-state index contributed by atoms with van der Waals surface area (Å²) in [4.78, 5) is 14.9. The van der Waals surface area contributed by atoms with Crippen LogP contribution in [-0.4, -0.2) is 29.4 Å². The summed E-state index contributed by atoms with van der Waals surface area (Å²) in [5.74, 6) is 1.15. The number of aromatic nitrogens is 1. The highest BCUT2D eigenvalue weighted by Gasteiger charge is 2.14. The lowest BCUT2D eigenvalue weighted by Crippen LogP contribution is -2.29. The number of rotatable bonds is 5. The van der Waals surface area contributed by atoms with Gasteiger partial charge in [-0.1, -0.05) is 15.9 Å². The van der Waals surface area contributed by atoms with Crippen LogP contribution < -0.4 is 5.32 Å². The van der Waals surface area contributed by atoms with Crippen molar-refractivity contribution in [2.75, 3.05) is 13.7 Å². The predicted molar refractivity (Wildman–Crippen MR) is 62.4 cm³/mol. The monoisotopic (exact) mass is 290 g/mol. The molecule has 16 heavy (non-hydrogen) atoms. The molecule has 1 N–H and O–H groups in total. The first-order chi connectivity index (χ1) is 7.54. The number of nitrogens with one attached hydrogen (secondary N) is 1. The Kier molecular flexibility index (Phi) is 4.95. The van der Waals surface area contributed by atoms with E-state index in [1.807, 2.05) is 13.8 Å². The van der Waals surface area contributed by atoms with E-state index in [2.05, 4.69) is 31.0 Å². The summed E-state index contributed by atoms with van der Waals surface area (Å²) < 4.78 is 9.95. The lowest BCUT2D eigenvalue weighted by molar-refractivity contribution is -0.139. The summed E-state index contributed by atoms with van der Waals surface area (Å²) in [5, 5.41) is 3.05. The van der Waals surface area contributed by atoms with Gasteiger partial charge in [0.25, 0.3) is 0 Å². The Morgan fingerprint density at radius 1 is 1.62 bits per heavy atom. The Morgan fingerprint density at radius 2 is 2.31 bits per heavy atom. The zero-order chi connectivity index (χ0) is 12.1. The summed E-state index contributed by atoms with van der Waals surface area (Å²) in [7, 11) is 1.36. The zero-order valence-corrected chi connectivity index (χ0v) is 11.1. The average Bonchev–Trinajstić information content (AvgIpc) is 2.57. The number of aryl methyl sites for hydroxylation is 2. The van der Waals surface area contributed by atoms with E-state index in [9.17, 15) is 4.79 Å². The fourth-order valence-electron chi connectivity index (χ4n) is 1.13. The third kappa shape index (κ3) is 3.61. The molecule has 0 amide bonds. The smallest absolute Gasteiger partial charge is 0.320 e. The summed E-state index contributed by atoms with van der Waals surface area (Å²) >= 11 is 3.21. The molecule has 1 aromatic heterocycles. The molecular formula is C10H15BrN2O3. The van der Waals surface area contributed by atoms with Crippen molar-refractivity contribution in [2.45, 2.75) is 25.2 Å². The number of nitrogens with zero attached hydrogens (tertiary/aromatic N) is 1. The maximum absolute atomic E-state index is 11.1. The Morgan fingerprint density at radius 3 is 2.81 bits per heavy atom. The number of oxazole rings is 1. The Hall–Kier alpha value is -0.880. The number of esters is 1. The fraction of sp³-hybridized carbons (Fsp3) is 0.600. The van der Waals surface area contributed by atoms with E-state index in [4.69, 9.17) is 4.42 Å². The number of hydrogen-bond acceptors (Lipinski definition) is 5. The van der Waals surface area contributed by atoms with Crippen LogP contribution in [-0.2, 0) is 16.1 Å². The second kappa shape index (κ2) is 6.00. The van der Waals surface area contributed by atoms with Crippen LogP contribution in [0.4, 0.5) is 0 Å². The third-order valence-electron chi connectivity index (χ3n) is 2.13. The Labute approximate surface area is 103 Å². The van der Waals surface area contributed by atoms with Crippen molar-refractivity contribution in [1.29, 1.82) is 0 Å². The van der Waals surface area contributed by atoms with Gasteiger partial charge in [0, 0.05) is 6.54 Å². The first kappa shape index (κ1) is 13.2. The lowest BCUT2D eigenvalue weighted by atomic mass is 10.4. The summed E-state index contributed by atoms with van der Waals surface area (Å²) in [6.07, 6.45) is 0. The van der Waals surface area contributed by atoms with Gasteiger partial charge in [0.05, 0.1) is 19.3 Å². The quantitative estimate of drug-likeness (QED) is 0.654. The second-order valence-corrected chi connectivity index (χ2v) is 4.48. The maximum Gasteiger partial charge on any atom is 0.320 e. The van der Waals surface area contributed by atoms with E-state index in [1.165, 1.54) is 7.11 Å². The fourth-order valence-corrected chi connectivity index (χ4v) is 1.55. The number of carbonyl (C=O) groups excluding carboxylic acids is 1. The third-order valence-corrected chi connectivity index (χ3v) is 2.83. The van der Waals surface area contributed by atoms with Crippen LogP contribution in [0.15, 0.2) is 4.42 Å². The molecule has 6 heteroatoms. The Bertz CT molecular complexity index is 345. The van der Waals surface area contributed by atoms with E-state index >= 15 is 0 Å². The van der Waals surface area contributed by atoms with Crippen LogP contribution in [0.2, 0.25) is 0 Å². The summed E-state index contributed by atoms with van der Waals surface area (Å²) in [6.45, 7) is 4.72. The van der Waals surface area contributed by atoms with Crippen molar-refractivity contribution in [3.63, 3.8) is 0 Å². The number of carbonyl (C=O) groups is 1. The number of alkyl halides is 1. The molecule has 0 aliphatic heterocycles. The van der Waals surface area contributed by atoms with Crippen LogP contribution in [0.1, 0.15) is 17.3 Å². The molecule has 1 rings (SSSR count). The molecule has 0 bridgehead atoms. The molecular weight excluding hydrogens is 276 g/mol. The number of halogens is 1. The van der Waals surface area contributed by atoms with Crippen molar-refractivity contribution in [3.05, 3.63) is 17.3 Å². The van der Waals surface area contributed by atoms with Crippen molar-refractivity contribution in [1.82, 2.24) is 10.3 Å². The largest absolute Gasteiger partial charge is 0.468 e. The molecule has 90 valence electrons. The van der Waals surface area contributed by atoms with Crippen LogP contribution in [0, 0.1) is 13.8 Å². The molecule has 0 radical (unpaired) electrons. The molecule has 1 atom stereocenters. The van der Waals surface area contributed by atoms with E-state index < -0.39 is 0 Å². The van der Waals surface area contributed by atoms with Gasteiger partial charge in [0.2, 0.25) is 5.89 Å². The minimum Gasteiger partial charge on any atom is -0.468 e. The van der Waals surface area contributed by atoms with Crippen molar-refractivity contribution < 1.29 is 13.9 Å². The molecule has 0 aliphatic carbocycles. The van der Waals surface area contributed by atoms with Crippen LogP contribution in [0.3, 0.4) is 0 Å². The van der Waals surface area contributed by atoms with E-state index in [0.29, 0.717) is 19.0 Å². The SMILES string of the molecule is COC(=O)C(Br)CNCc1nc(C)c(C)o1. The van der Waals surface area contributed by atoms with Gasteiger partial charge in [-0.3, -0.25) is 4.79 Å². The van der Waals surface area contributed by atoms with Gasteiger partial charge in [-0.15, -0.1) is 0 Å². The van der Waals surface area contributed by atoms with Crippen LogP contribution in [0.25, 0.3) is 0 Å². The molecule has 1 aromatic rings. The first-order valence-corrected chi connectivity index (χ1v) is 5.81. The van der Waals surface area contributed by atoms with Gasteiger partial charge in [-0.2, -0.15) is 0 Å². The highest BCUT2D eigenvalue weighted by Crippen LogP contribution is 2.08. The van der Waals surface area contributed by atoms with Gasteiger partial charge in [-0.25, -0.2) is 4.98 Å². The molecule has 0 aliphatic rings. The van der Waals surface area contributed by atoms with E-state index in [1.54, 1.807) is 0 Å². The highest BCUT2D eigenvalue weighted by atomic mass is 79.9. The van der Waals surface area contributed by atoms with Gasteiger partial charge >= 0.3 is 5.97 Å². The second-order valence-electron chi connectivity index (χ2n) is 3.37. The number of ether oxygens (including phenoxy) is 1. The van der Waals surface area contributed by atoms with Gasteiger partial charge in [-0.05, 0) is 13.8 Å². The average molecular weight is 291 g/mol.